The van der Waals surface area contributed by atoms with E-state index in [1.807, 2.05) is 0 Å². The molecule has 0 N–H and O–H groups in total. The highest BCUT2D eigenvalue weighted by atomic mass is 32.2. The van der Waals surface area contributed by atoms with E-state index >= 15 is 0 Å². The van der Waals surface area contributed by atoms with Crippen LogP contribution in [0, 0.1) is 0 Å². The summed E-state index contributed by atoms with van der Waals surface area (Å²) < 4.78 is 25.3. The lowest BCUT2D eigenvalue weighted by Crippen LogP contribution is -2.36. The summed E-state index contributed by atoms with van der Waals surface area (Å²) in [6, 6.07) is 0. The Kier molecular flexibility index (Phi) is 3.32. The Bertz CT molecular complexity index is 642. The number of aromatic nitrogens is 2. The van der Waals surface area contributed by atoms with Crippen LogP contribution in [0.2, 0.25) is 0 Å². The number of fused-ring (bicyclic) bond motifs is 1. The van der Waals surface area contributed by atoms with Crippen molar-refractivity contribution in [3.8, 4) is 0 Å². The van der Waals surface area contributed by atoms with Crippen molar-refractivity contribution in [1.82, 2.24) is 14.7 Å². The molecule has 1 fully saturated rings. The molecule has 0 aliphatic carbocycles. The van der Waals surface area contributed by atoms with E-state index in [1.165, 1.54) is 0 Å². The Morgan fingerprint density at radius 2 is 1.90 bits per heavy atom. The molecule has 0 spiro atoms. The van der Waals surface area contributed by atoms with E-state index in [-0.39, 0.29) is 17.4 Å². The van der Waals surface area contributed by atoms with Crippen LogP contribution >= 0.6 is 0 Å². The number of carbonyl (C=O) groups is 1. The second-order valence-corrected chi connectivity index (χ2v) is 7.78. The third-order valence-electron chi connectivity index (χ3n) is 4.13. The first-order chi connectivity index (χ1) is 9.48. The summed E-state index contributed by atoms with van der Waals surface area (Å²) in [6.07, 6.45) is 3.63. The minimum Gasteiger partial charge on any atom is -0.337 e. The number of rotatable bonds is 1. The Hall–Kier alpha value is -1.37. The van der Waals surface area contributed by atoms with Crippen LogP contribution in [0.5, 0.6) is 0 Å². The first-order valence-corrected chi connectivity index (χ1v) is 8.84. The van der Waals surface area contributed by atoms with Crippen LogP contribution in [0.4, 0.5) is 0 Å². The minimum absolute atomic E-state index is 0.0505. The van der Waals surface area contributed by atoms with E-state index < -0.39 is 9.84 Å². The molecule has 0 atom stereocenters. The van der Waals surface area contributed by atoms with Gasteiger partial charge in [-0.15, -0.1) is 0 Å². The molecule has 6 nitrogen and oxygen atoms in total. The van der Waals surface area contributed by atoms with Crippen molar-refractivity contribution in [1.29, 1.82) is 0 Å². The monoisotopic (exact) mass is 297 g/mol. The highest BCUT2D eigenvalue weighted by Crippen LogP contribution is 2.25. The van der Waals surface area contributed by atoms with Gasteiger partial charge in [-0.2, -0.15) is 5.10 Å². The Labute approximate surface area is 118 Å². The molecule has 1 aromatic heterocycles. The van der Waals surface area contributed by atoms with Gasteiger partial charge in [-0.05, 0) is 19.3 Å². The van der Waals surface area contributed by atoms with Crippen molar-refractivity contribution in [2.24, 2.45) is 7.05 Å². The van der Waals surface area contributed by atoms with Gasteiger partial charge in [0.1, 0.15) is 0 Å². The van der Waals surface area contributed by atoms with Crippen LogP contribution in [0.15, 0.2) is 0 Å². The average molecular weight is 297 g/mol. The van der Waals surface area contributed by atoms with Gasteiger partial charge in [0.25, 0.3) is 5.91 Å². The number of carbonyl (C=O) groups excluding carboxylic acids is 1. The molecule has 0 saturated carbocycles. The number of piperidine rings is 1. The number of nitrogens with zero attached hydrogens (tertiary/aromatic N) is 3. The van der Waals surface area contributed by atoms with Crippen molar-refractivity contribution in [2.75, 3.05) is 18.8 Å². The van der Waals surface area contributed by atoms with Crippen LogP contribution in [-0.4, -0.2) is 47.8 Å². The van der Waals surface area contributed by atoms with Crippen LogP contribution in [0.3, 0.4) is 0 Å². The standard InChI is InChI=1S/C13H19N3O3S/c1-15-11-5-8-20(18,19)9-10(11)12(14-15)13(17)16-6-3-2-4-7-16/h2-9H2,1H3. The van der Waals surface area contributed by atoms with Gasteiger partial charge in [-0.25, -0.2) is 8.42 Å². The Balaban J connectivity index is 1.96. The SMILES string of the molecule is Cn1nc(C(=O)N2CCCCC2)c2c1CCS(=O)(=O)C2. The molecular weight excluding hydrogens is 278 g/mol. The van der Waals surface area contributed by atoms with Crippen molar-refractivity contribution >= 4 is 15.7 Å². The number of likely N-dealkylation sites (tertiary alicyclic amines) is 1. The summed E-state index contributed by atoms with van der Waals surface area (Å²) in [6.45, 7) is 1.49. The minimum atomic E-state index is -3.09. The van der Waals surface area contributed by atoms with E-state index in [1.54, 1.807) is 16.6 Å². The first kappa shape index (κ1) is 13.6. The zero-order valence-corrected chi connectivity index (χ0v) is 12.4. The van der Waals surface area contributed by atoms with Crippen LogP contribution in [0.25, 0.3) is 0 Å². The summed E-state index contributed by atoms with van der Waals surface area (Å²) in [5.74, 6) is -0.0132. The zero-order valence-electron chi connectivity index (χ0n) is 11.6. The summed E-state index contributed by atoms with van der Waals surface area (Å²) in [4.78, 5) is 14.4. The van der Waals surface area contributed by atoms with Gasteiger partial charge < -0.3 is 4.90 Å². The molecule has 0 radical (unpaired) electrons. The highest BCUT2D eigenvalue weighted by Gasteiger charge is 2.32. The van der Waals surface area contributed by atoms with Gasteiger partial charge in [-0.1, -0.05) is 0 Å². The van der Waals surface area contributed by atoms with Crippen LogP contribution in [0.1, 0.15) is 41.0 Å². The predicted octanol–water partition coefficient (Wildman–Crippen LogP) is 0.517. The van der Waals surface area contributed by atoms with Gasteiger partial charge in [0.2, 0.25) is 0 Å². The lowest BCUT2D eigenvalue weighted by atomic mass is 10.1. The highest BCUT2D eigenvalue weighted by molar-refractivity contribution is 7.90. The summed E-state index contributed by atoms with van der Waals surface area (Å²) in [5.41, 5.74) is 1.85. The van der Waals surface area contributed by atoms with Crippen molar-refractivity contribution in [3.63, 3.8) is 0 Å². The molecule has 1 saturated heterocycles. The topological polar surface area (TPSA) is 72.3 Å². The third-order valence-corrected chi connectivity index (χ3v) is 5.69. The van der Waals surface area contributed by atoms with Crippen molar-refractivity contribution in [2.45, 2.75) is 31.4 Å². The lowest BCUT2D eigenvalue weighted by Gasteiger charge is -2.26. The molecule has 2 aliphatic heterocycles. The van der Waals surface area contributed by atoms with E-state index in [0.29, 0.717) is 17.7 Å². The molecule has 3 heterocycles. The maximum absolute atomic E-state index is 12.6. The molecule has 0 aromatic carbocycles. The molecule has 3 rings (SSSR count). The number of sulfone groups is 1. The second-order valence-electron chi connectivity index (χ2n) is 5.59. The first-order valence-electron chi connectivity index (χ1n) is 7.02. The average Bonchev–Trinajstić information content (AvgIpc) is 2.74. The molecule has 0 bridgehead atoms. The summed E-state index contributed by atoms with van der Waals surface area (Å²) in [5, 5.41) is 4.29. The smallest absolute Gasteiger partial charge is 0.274 e. The van der Waals surface area contributed by atoms with Gasteiger partial charge in [0.05, 0.1) is 11.5 Å². The van der Waals surface area contributed by atoms with E-state index in [9.17, 15) is 13.2 Å². The second kappa shape index (κ2) is 4.87. The summed E-state index contributed by atoms with van der Waals surface area (Å²) >= 11 is 0. The quantitative estimate of drug-likeness (QED) is 0.757. The molecule has 2 aliphatic rings. The van der Waals surface area contributed by atoms with Crippen LogP contribution in [-0.2, 0) is 29.1 Å². The predicted molar refractivity (Wildman–Crippen MR) is 74.2 cm³/mol. The lowest BCUT2D eigenvalue weighted by molar-refractivity contribution is 0.0716. The fourth-order valence-corrected chi connectivity index (χ4v) is 4.42. The summed E-state index contributed by atoms with van der Waals surface area (Å²) in [7, 11) is -1.31. The molecular formula is C13H19N3O3S. The van der Waals surface area contributed by atoms with Gasteiger partial charge >= 0.3 is 0 Å². The maximum Gasteiger partial charge on any atom is 0.274 e. The Morgan fingerprint density at radius 3 is 2.60 bits per heavy atom. The van der Waals surface area contributed by atoms with Gasteiger partial charge in [0, 0.05) is 37.8 Å². The fraction of sp³-hybridized carbons (Fsp3) is 0.692. The molecule has 20 heavy (non-hydrogen) atoms. The van der Waals surface area contributed by atoms with Crippen molar-refractivity contribution in [3.05, 3.63) is 17.0 Å². The molecule has 0 unspecified atom stereocenters. The maximum atomic E-state index is 12.6. The molecule has 1 amide bonds. The third kappa shape index (κ3) is 2.34. The van der Waals surface area contributed by atoms with E-state index in [4.69, 9.17) is 0 Å². The number of hydrogen-bond donors (Lipinski definition) is 0. The van der Waals surface area contributed by atoms with Crippen LogP contribution < -0.4 is 0 Å². The number of aryl methyl sites for hydroxylation is 1. The van der Waals surface area contributed by atoms with E-state index in [2.05, 4.69) is 5.10 Å². The van der Waals surface area contributed by atoms with Gasteiger partial charge in [-0.3, -0.25) is 9.48 Å². The largest absolute Gasteiger partial charge is 0.337 e. The molecule has 7 heteroatoms. The Morgan fingerprint density at radius 1 is 1.20 bits per heavy atom. The number of hydrogen-bond acceptors (Lipinski definition) is 4. The van der Waals surface area contributed by atoms with Gasteiger partial charge in [0.15, 0.2) is 15.5 Å². The zero-order chi connectivity index (χ0) is 14.3. The normalized spacial score (nSPS) is 21.6. The fourth-order valence-electron chi connectivity index (χ4n) is 3.03. The molecule has 1 aromatic rings. The van der Waals surface area contributed by atoms with Crippen molar-refractivity contribution < 1.29 is 13.2 Å². The molecule has 110 valence electrons. The van der Waals surface area contributed by atoms with E-state index in [0.717, 1.165) is 38.0 Å². The number of amides is 1.